The Bertz CT molecular complexity index is 76.5. The Balaban J connectivity index is 3.47. The lowest BCUT2D eigenvalue weighted by Crippen LogP contribution is -2.10. The maximum Gasteiger partial charge on any atom is -0.0360 e. The van der Waals surface area contributed by atoms with Gasteiger partial charge in [-0.15, -0.1) is 0 Å². The van der Waals surface area contributed by atoms with Gasteiger partial charge in [0.2, 0.25) is 0 Å². The van der Waals surface area contributed by atoms with Gasteiger partial charge in [-0.2, -0.15) is 0 Å². The van der Waals surface area contributed by atoms with Crippen LogP contribution in [0.4, 0.5) is 0 Å². The van der Waals surface area contributed by atoms with Crippen LogP contribution >= 0.6 is 0 Å². The molecule has 61 valence electrons. The zero-order valence-corrected chi connectivity index (χ0v) is 8.07. The summed E-state index contributed by atoms with van der Waals surface area (Å²) < 4.78 is 0. The molecule has 0 spiro atoms. The first-order valence-electron chi connectivity index (χ1n) is 4.29. The normalized spacial score (nSPS) is 15.3. The summed E-state index contributed by atoms with van der Waals surface area (Å²) >= 11 is 0. The van der Waals surface area contributed by atoms with Crippen LogP contribution in [0.25, 0.3) is 0 Å². The van der Waals surface area contributed by atoms with E-state index < -0.39 is 0 Å². The third-order valence-electron chi connectivity index (χ3n) is 1.57. The van der Waals surface area contributed by atoms with Crippen molar-refractivity contribution >= 4 is 0 Å². The molecular weight excluding hydrogens is 120 g/mol. The van der Waals surface area contributed by atoms with Crippen LogP contribution in [0.5, 0.6) is 0 Å². The number of rotatable bonds is 3. The van der Waals surface area contributed by atoms with Gasteiger partial charge in [0, 0.05) is 0 Å². The zero-order valence-electron chi connectivity index (χ0n) is 8.07. The van der Waals surface area contributed by atoms with E-state index in [0.29, 0.717) is 5.41 Å². The van der Waals surface area contributed by atoms with Gasteiger partial charge in [-0.05, 0) is 24.2 Å². The highest BCUT2D eigenvalue weighted by atomic mass is 14.2. The van der Waals surface area contributed by atoms with Crippen molar-refractivity contribution < 1.29 is 0 Å². The van der Waals surface area contributed by atoms with Gasteiger partial charge < -0.3 is 0 Å². The highest BCUT2D eigenvalue weighted by molar-refractivity contribution is 4.75. The molecule has 0 aliphatic rings. The van der Waals surface area contributed by atoms with Crippen LogP contribution in [-0.2, 0) is 0 Å². The van der Waals surface area contributed by atoms with Crippen LogP contribution in [0.2, 0.25) is 0 Å². The highest BCUT2D eigenvalue weighted by Crippen LogP contribution is 2.25. The highest BCUT2D eigenvalue weighted by Gasteiger charge is 2.13. The fourth-order valence-corrected chi connectivity index (χ4v) is 1.45. The predicted octanol–water partition coefficient (Wildman–Crippen LogP) is 3.67. The van der Waals surface area contributed by atoms with Gasteiger partial charge in [-0.25, -0.2) is 0 Å². The summed E-state index contributed by atoms with van der Waals surface area (Å²) in [6.07, 6.45) is 4.91. The van der Waals surface area contributed by atoms with Crippen LogP contribution in [0.15, 0.2) is 0 Å². The van der Waals surface area contributed by atoms with E-state index in [1.807, 2.05) is 0 Å². The SMILES string of the molecule is CC[CH]C(C)CC(C)(C)C. The van der Waals surface area contributed by atoms with Crippen molar-refractivity contribution in [3.8, 4) is 0 Å². The fourth-order valence-electron chi connectivity index (χ4n) is 1.45. The Morgan fingerprint density at radius 3 is 2.10 bits per heavy atom. The summed E-state index contributed by atoms with van der Waals surface area (Å²) in [7, 11) is 0. The largest absolute Gasteiger partial charge is 0.0651 e. The van der Waals surface area contributed by atoms with E-state index in [9.17, 15) is 0 Å². The van der Waals surface area contributed by atoms with E-state index in [0.717, 1.165) is 5.92 Å². The van der Waals surface area contributed by atoms with Crippen molar-refractivity contribution in [1.29, 1.82) is 0 Å². The summed E-state index contributed by atoms with van der Waals surface area (Å²) in [5.41, 5.74) is 0.491. The lowest BCUT2D eigenvalue weighted by molar-refractivity contribution is 0.325. The third kappa shape index (κ3) is 6.12. The molecule has 0 aromatic rings. The minimum Gasteiger partial charge on any atom is -0.0651 e. The van der Waals surface area contributed by atoms with Gasteiger partial charge in [-0.3, -0.25) is 0 Å². The molecule has 0 heterocycles. The van der Waals surface area contributed by atoms with E-state index >= 15 is 0 Å². The topological polar surface area (TPSA) is 0 Å². The van der Waals surface area contributed by atoms with E-state index in [1.165, 1.54) is 12.8 Å². The lowest BCUT2D eigenvalue weighted by atomic mass is 9.84. The Kier molecular flexibility index (Phi) is 4.00. The molecule has 0 rings (SSSR count). The molecular formula is C10H21. The average Bonchev–Trinajstić information content (AvgIpc) is 1.59. The minimum atomic E-state index is 0.491. The van der Waals surface area contributed by atoms with E-state index in [-0.39, 0.29) is 0 Å². The summed E-state index contributed by atoms with van der Waals surface area (Å²) in [4.78, 5) is 0. The molecule has 0 saturated heterocycles. The smallest absolute Gasteiger partial charge is 0.0360 e. The Morgan fingerprint density at radius 2 is 1.80 bits per heavy atom. The molecule has 0 aromatic heterocycles. The number of hydrogen-bond acceptors (Lipinski definition) is 0. The van der Waals surface area contributed by atoms with Crippen molar-refractivity contribution in [3.05, 3.63) is 6.42 Å². The van der Waals surface area contributed by atoms with E-state index in [1.54, 1.807) is 0 Å². The summed E-state index contributed by atoms with van der Waals surface area (Å²) in [5.74, 6) is 0.782. The molecule has 10 heavy (non-hydrogen) atoms. The van der Waals surface area contributed by atoms with Gasteiger partial charge in [0.05, 0.1) is 0 Å². The summed E-state index contributed by atoms with van der Waals surface area (Å²) in [5, 5.41) is 0. The Morgan fingerprint density at radius 1 is 1.30 bits per heavy atom. The van der Waals surface area contributed by atoms with Crippen LogP contribution in [0.1, 0.15) is 47.5 Å². The first-order chi connectivity index (χ1) is 4.45. The van der Waals surface area contributed by atoms with Crippen molar-refractivity contribution in [2.24, 2.45) is 11.3 Å². The maximum absolute atomic E-state index is 2.39. The van der Waals surface area contributed by atoms with Crippen LogP contribution in [0.3, 0.4) is 0 Å². The van der Waals surface area contributed by atoms with Gasteiger partial charge in [0.25, 0.3) is 0 Å². The Hall–Kier alpha value is 0. The molecule has 0 aliphatic carbocycles. The van der Waals surface area contributed by atoms with Gasteiger partial charge in [0.1, 0.15) is 0 Å². The molecule has 0 bridgehead atoms. The second-order valence-electron chi connectivity index (χ2n) is 4.39. The molecule has 0 saturated carbocycles. The molecule has 0 heteroatoms. The Labute approximate surface area is 66.0 Å². The van der Waals surface area contributed by atoms with Gasteiger partial charge in [0.15, 0.2) is 0 Å². The first kappa shape index (κ1) is 10.0. The van der Waals surface area contributed by atoms with Crippen molar-refractivity contribution in [1.82, 2.24) is 0 Å². The molecule has 1 atom stereocenters. The lowest BCUT2D eigenvalue weighted by Gasteiger charge is -2.22. The van der Waals surface area contributed by atoms with Gasteiger partial charge in [-0.1, -0.05) is 41.0 Å². The molecule has 1 unspecified atom stereocenters. The number of hydrogen-bond donors (Lipinski definition) is 0. The molecule has 1 radical (unpaired) electrons. The average molecular weight is 141 g/mol. The summed E-state index contributed by atoms with van der Waals surface area (Å²) in [6.45, 7) is 11.4. The molecule has 0 aromatic carbocycles. The van der Waals surface area contributed by atoms with Crippen LogP contribution in [-0.4, -0.2) is 0 Å². The molecule has 0 aliphatic heterocycles. The molecule has 0 N–H and O–H groups in total. The van der Waals surface area contributed by atoms with Crippen LogP contribution < -0.4 is 0 Å². The van der Waals surface area contributed by atoms with Crippen molar-refractivity contribution in [2.45, 2.75) is 47.5 Å². The summed E-state index contributed by atoms with van der Waals surface area (Å²) in [6, 6.07) is 0. The third-order valence-corrected chi connectivity index (χ3v) is 1.57. The molecule has 0 amide bonds. The minimum absolute atomic E-state index is 0.491. The molecule has 0 nitrogen and oxygen atoms in total. The van der Waals surface area contributed by atoms with Gasteiger partial charge >= 0.3 is 0 Å². The van der Waals surface area contributed by atoms with Crippen molar-refractivity contribution in [2.75, 3.05) is 0 Å². The second-order valence-corrected chi connectivity index (χ2v) is 4.39. The maximum atomic E-state index is 2.39. The van der Waals surface area contributed by atoms with Crippen LogP contribution in [0, 0.1) is 17.8 Å². The molecule has 0 fully saturated rings. The standard InChI is InChI=1S/C10H21/c1-6-7-9(2)8-10(3,4)5/h7,9H,6,8H2,1-5H3. The van der Waals surface area contributed by atoms with E-state index in [2.05, 4.69) is 41.0 Å². The fraction of sp³-hybridized carbons (Fsp3) is 0.900. The first-order valence-corrected chi connectivity index (χ1v) is 4.29. The monoisotopic (exact) mass is 141 g/mol. The predicted molar refractivity (Wildman–Crippen MR) is 47.8 cm³/mol. The second kappa shape index (κ2) is 4.00. The zero-order chi connectivity index (χ0) is 8.20. The van der Waals surface area contributed by atoms with Crippen molar-refractivity contribution in [3.63, 3.8) is 0 Å². The quantitative estimate of drug-likeness (QED) is 0.562. The van der Waals surface area contributed by atoms with E-state index in [4.69, 9.17) is 0 Å².